The van der Waals surface area contributed by atoms with Crippen molar-refractivity contribution in [2.75, 3.05) is 11.4 Å². The van der Waals surface area contributed by atoms with Gasteiger partial charge in [0.15, 0.2) is 0 Å². The number of rotatable bonds is 3. The number of aryl methyl sites for hydroxylation is 2. The lowest BCUT2D eigenvalue weighted by Crippen LogP contribution is -2.34. The minimum atomic E-state index is -0.0859. The van der Waals surface area contributed by atoms with Crippen molar-refractivity contribution in [3.8, 4) is 28.3 Å². The number of carbonyl (C=O) groups is 1. The Morgan fingerprint density at radius 3 is 2.77 bits per heavy atom. The van der Waals surface area contributed by atoms with E-state index in [4.69, 9.17) is 0 Å². The smallest absolute Gasteiger partial charge is 0.250 e. The number of anilines is 1. The van der Waals surface area contributed by atoms with Crippen LogP contribution in [0.1, 0.15) is 17.5 Å². The Balaban J connectivity index is 1.71. The van der Waals surface area contributed by atoms with E-state index in [-0.39, 0.29) is 5.91 Å². The Labute approximate surface area is 179 Å². The molecular weight excluding hydrogens is 388 g/mol. The highest BCUT2D eigenvalue weighted by molar-refractivity contribution is 6.02. The third-order valence-corrected chi connectivity index (χ3v) is 5.72. The van der Waals surface area contributed by atoms with E-state index in [9.17, 15) is 10.1 Å². The van der Waals surface area contributed by atoms with Crippen molar-refractivity contribution in [3.63, 3.8) is 0 Å². The summed E-state index contributed by atoms with van der Waals surface area (Å²) in [7, 11) is 1.88. The summed E-state index contributed by atoms with van der Waals surface area (Å²) in [6.45, 7) is 4.32. The van der Waals surface area contributed by atoms with Crippen molar-refractivity contribution in [2.24, 2.45) is 7.05 Å². The first-order chi connectivity index (χ1) is 15.1. The highest BCUT2D eigenvalue weighted by Crippen LogP contribution is 2.36. The molecule has 0 atom stereocenters. The predicted molar refractivity (Wildman–Crippen MR) is 118 cm³/mol. The van der Waals surface area contributed by atoms with Crippen molar-refractivity contribution in [2.45, 2.75) is 12.8 Å². The summed E-state index contributed by atoms with van der Waals surface area (Å²) in [5.74, 6) is -0.0859. The average Bonchev–Trinajstić information content (AvgIpc) is 3.43. The van der Waals surface area contributed by atoms with Crippen LogP contribution in [0.25, 0.3) is 27.8 Å². The molecule has 1 aliphatic heterocycles. The zero-order valence-electron chi connectivity index (χ0n) is 17.1. The summed E-state index contributed by atoms with van der Waals surface area (Å²) >= 11 is 0. The van der Waals surface area contributed by atoms with Crippen LogP contribution < -0.4 is 4.90 Å². The number of nitrogens with zero attached hydrogens (tertiary/aromatic N) is 6. The van der Waals surface area contributed by atoms with E-state index in [0.29, 0.717) is 12.1 Å². The SMILES string of the molecule is C=CC(=O)N1CCCc2cc(-c3cc(-c4cnn(C)c4)cn4ncc(C#N)c34)ccc21. The van der Waals surface area contributed by atoms with Gasteiger partial charge in [-0.2, -0.15) is 15.5 Å². The second-order valence-corrected chi connectivity index (χ2v) is 7.65. The van der Waals surface area contributed by atoms with Gasteiger partial charge in [-0.3, -0.25) is 9.48 Å². The zero-order chi connectivity index (χ0) is 21.5. The van der Waals surface area contributed by atoms with Gasteiger partial charge in [0.2, 0.25) is 5.91 Å². The van der Waals surface area contributed by atoms with E-state index in [1.807, 2.05) is 37.8 Å². The van der Waals surface area contributed by atoms with Gasteiger partial charge in [0, 0.05) is 48.4 Å². The maximum absolute atomic E-state index is 12.3. The number of hydrogen-bond acceptors (Lipinski definition) is 4. The van der Waals surface area contributed by atoms with Gasteiger partial charge < -0.3 is 4.90 Å². The lowest BCUT2D eigenvalue weighted by Gasteiger charge is -2.29. The molecule has 1 amide bonds. The minimum absolute atomic E-state index is 0.0859. The van der Waals surface area contributed by atoms with E-state index >= 15 is 0 Å². The number of carbonyl (C=O) groups excluding carboxylic acids is 1. The van der Waals surface area contributed by atoms with E-state index in [1.54, 1.807) is 20.3 Å². The Morgan fingerprint density at radius 2 is 2.03 bits per heavy atom. The van der Waals surface area contributed by atoms with Crippen LogP contribution >= 0.6 is 0 Å². The fraction of sp³-hybridized carbons (Fsp3) is 0.167. The lowest BCUT2D eigenvalue weighted by atomic mass is 9.94. The number of nitriles is 1. The fourth-order valence-corrected chi connectivity index (χ4v) is 4.26. The molecule has 0 aliphatic carbocycles. The van der Waals surface area contributed by atoms with Crippen molar-refractivity contribution in [1.29, 1.82) is 5.26 Å². The largest absolute Gasteiger partial charge is 0.309 e. The van der Waals surface area contributed by atoms with Gasteiger partial charge in [0.05, 0.1) is 23.5 Å². The number of aromatic nitrogens is 4. The summed E-state index contributed by atoms with van der Waals surface area (Å²) in [5.41, 5.74) is 7.17. The number of benzene rings is 1. The highest BCUT2D eigenvalue weighted by atomic mass is 16.2. The molecule has 4 aromatic rings. The molecule has 5 rings (SSSR count). The van der Waals surface area contributed by atoms with Gasteiger partial charge in [-0.05, 0) is 48.2 Å². The van der Waals surface area contributed by atoms with Crippen LogP contribution in [0.5, 0.6) is 0 Å². The molecule has 3 aromatic heterocycles. The summed E-state index contributed by atoms with van der Waals surface area (Å²) in [5, 5.41) is 18.3. The summed E-state index contributed by atoms with van der Waals surface area (Å²) in [4.78, 5) is 14.0. The average molecular weight is 408 g/mol. The molecule has 31 heavy (non-hydrogen) atoms. The van der Waals surface area contributed by atoms with Gasteiger partial charge in [-0.15, -0.1) is 0 Å². The Bertz CT molecular complexity index is 1390. The molecule has 0 spiro atoms. The Kier molecular flexibility index (Phi) is 4.41. The maximum Gasteiger partial charge on any atom is 0.250 e. The third kappa shape index (κ3) is 3.09. The highest BCUT2D eigenvalue weighted by Gasteiger charge is 2.22. The van der Waals surface area contributed by atoms with Gasteiger partial charge >= 0.3 is 0 Å². The number of hydrogen-bond donors (Lipinski definition) is 0. The molecular formula is C24H20N6O. The Morgan fingerprint density at radius 1 is 1.16 bits per heavy atom. The standard InChI is InChI=1S/C24H20N6O/c1-3-23(31)29-8-4-5-17-9-16(6-7-22(17)29)21-10-18(20-13-26-28(2)14-20)15-30-24(21)19(11-25)12-27-30/h3,6-7,9-10,12-15H,1,4-5,8H2,2H3. The maximum atomic E-state index is 12.3. The molecule has 0 fully saturated rings. The lowest BCUT2D eigenvalue weighted by molar-refractivity contribution is -0.114. The molecule has 0 bridgehead atoms. The van der Waals surface area contributed by atoms with Crippen molar-refractivity contribution in [3.05, 3.63) is 72.8 Å². The molecule has 7 nitrogen and oxygen atoms in total. The van der Waals surface area contributed by atoms with Crippen LogP contribution in [0, 0.1) is 11.3 Å². The number of fused-ring (bicyclic) bond motifs is 2. The fourth-order valence-electron chi connectivity index (χ4n) is 4.26. The molecule has 0 saturated heterocycles. The number of pyridine rings is 1. The van der Waals surface area contributed by atoms with E-state index in [0.717, 1.165) is 51.9 Å². The van der Waals surface area contributed by atoms with Gasteiger partial charge in [0.25, 0.3) is 0 Å². The molecule has 4 heterocycles. The van der Waals surface area contributed by atoms with Crippen molar-refractivity contribution >= 4 is 17.1 Å². The Hall–Kier alpha value is -4.18. The quantitative estimate of drug-likeness (QED) is 0.484. The van der Waals surface area contributed by atoms with Crippen LogP contribution in [0.2, 0.25) is 0 Å². The molecule has 0 N–H and O–H groups in total. The molecule has 7 heteroatoms. The van der Waals surface area contributed by atoms with Crippen LogP contribution in [0.4, 0.5) is 5.69 Å². The number of amides is 1. The third-order valence-electron chi connectivity index (χ3n) is 5.72. The second kappa shape index (κ2) is 7.26. The topological polar surface area (TPSA) is 79.2 Å². The first-order valence-electron chi connectivity index (χ1n) is 10.1. The van der Waals surface area contributed by atoms with E-state index in [2.05, 4.69) is 35.0 Å². The zero-order valence-corrected chi connectivity index (χ0v) is 17.1. The van der Waals surface area contributed by atoms with Crippen LogP contribution in [0.15, 0.2) is 61.7 Å². The minimum Gasteiger partial charge on any atom is -0.309 e. The van der Waals surface area contributed by atoms with E-state index < -0.39 is 0 Å². The van der Waals surface area contributed by atoms with Gasteiger partial charge in [-0.1, -0.05) is 12.6 Å². The van der Waals surface area contributed by atoms with E-state index in [1.165, 1.54) is 6.08 Å². The molecule has 0 saturated carbocycles. The summed E-state index contributed by atoms with van der Waals surface area (Å²) in [6, 6.07) is 10.4. The van der Waals surface area contributed by atoms with Crippen molar-refractivity contribution in [1.82, 2.24) is 19.4 Å². The first-order valence-corrected chi connectivity index (χ1v) is 10.1. The van der Waals surface area contributed by atoms with Crippen LogP contribution in [-0.4, -0.2) is 31.8 Å². The monoisotopic (exact) mass is 408 g/mol. The molecule has 1 aliphatic rings. The normalized spacial score (nSPS) is 13.1. The molecule has 0 radical (unpaired) electrons. The van der Waals surface area contributed by atoms with Crippen LogP contribution in [0.3, 0.4) is 0 Å². The summed E-state index contributed by atoms with van der Waals surface area (Å²) < 4.78 is 3.51. The second-order valence-electron chi connectivity index (χ2n) is 7.65. The summed E-state index contributed by atoms with van der Waals surface area (Å²) in [6.07, 6.45) is 10.4. The molecule has 0 unspecified atom stereocenters. The van der Waals surface area contributed by atoms with Gasteiger partial charge in [-0.25, -0.2) is 4.52 Å². The first kappa shape index (κ1) is 18.8. The predicted octanol–water partition coefficient (Wildman–Crippen LogP) is 3.74. The molecule has 1 aromatic carbocycles. The van der Waals surface area contributed by atoms with Crippen molar-refractivity contribution < 1.29 is 4.79 Å². The van der Waals surface area contributed by atoms with Gasteiger partial charge in [0.1, 0.15) is 6.07 Å². The van der Waals surface area contributed by atoms with Crippen LogP contribution in [-0.2, 0) is 18.3 Å². The molecule has 152 valence electrons.